The van der Waals surface area contributed by atoms with E-state index in [2.05, 4.69) is 34.2 Å². The fourth-order valence-electron chi connectivity index (χ4n) is 4.09. The highest BCUT2D eigenvalue weighted by Crippen LogP contribution is 2.30. The summed E-state index contributed by atoms with van der Waals surface area (Å²) >= 11 is 1.51. The van der Waals surface area contributed by atoms with Crippen molar-refractivity contribution >= 4 is 17.7 Å². The molecule has 1 unspecified atom stereocenters. The number of aryl methyl sites for hydroxylation is 1. The summed E-state index contributed by atoms with van der Waals surface area (Å²) in [6.45, 7) is 3.39. The van der Waals surface area contributed by atoms with Crippen LogP contribution in [0.15, 0.2) is 59.9 Å². The largest absolute Gasteiger partial charge is 0.338 e. The van der Waals surface area contributed by atoms with Crippen LogP contribution in [0.25, 0.3) is 0 Å². The van der Waals surface area contributed by atoms with Crippen LogP contribution in [0.2, 0.25) is 0 Å². The summed E-state index contributed by atoms with van der Waals surface area (Å²) < 4.78 is 0. The Hall–Kier alpha value is -2.73. The maximum Gasteiger partial charge on any atom is 0.256 e. The van der Waals surface area contributed by atoms with Gasteiger partial charge in [0.15, 0.2) is 0 Å². The van der Waals surface area contributed by atoms with E-state index in [1.807, 2.05) is 42.5 Å². The van der Waals surface area contributed by atoms with Crippen molar-refractivity contribution in [3.8, 4) is 0 Å². The van der Waals surface area contributed by atoms with Crippen molar-refractivity contribution in [3.63, 3.8) is 0 Å². The summed E-state index contributed by atoms with van der Waals surface area (Å²) in [5.74, 6) is 1.06. The van der Waals surface area contributed by atoms with E-state index in [0.29, 0.717) is 12.1 Å². The number of likely N-dealkylation sites (tertiary alicyclic amines) is 1. The number of aromatic nitrogens is 3. The van der Waals surface area contributed by atoms with Gasteiger partial charge in [0, 0.05) is 37.8 Å². The molecule has 0 bridgehead atoms. The zero-order valence-electron chi connectivity index (χ0n) is 17.4. The molecule has 3 aromatic rings. The summed E-state index contributed by atoms with van der Waals surface area (Å²) in [6.07, 6.45) is 8.46. The van der Waals surface area contributed by atoms with Crippen molar-refractivity contribution < 1.29 is 4.79 Å². The van der Waals surface area contributed by atoms with E-state index in [9.17, 15) is 4.79 Å². The van der Waals surface area contributed by atoms with Crippen molar-refractivity contribution in [2.75, 3.05) is 19.3 Å². The van der Waals surface area contributed by atoms with Crippen LogP contribution >= 0.6 is 11.8 Å². The average Bonchev–Trinajstić information content (AvgIpc) is 2.80. The Bertz CT molecular complexity index is 1020. The Morgan fingerprint density at radius 3 is 2.80 bits per heavy atom. The van der Waals surface area contributed by atoms with Crippen molar-refractivity contribution in [1.29, 1.82) is 0 Å². The number of hydrogen-bond acceptors (Lipinski definition) is 5. The molecular formula is C24H26N4OS. The van der Waals surface area contributed by atoms with Gasteiger partial charge in [-0.25, -0.2) is 15.0 Å². The van der Waals surface area contributed by atoms with Crippen LogP contribution in [-0.4, -0.2) is 45.1 Å². The second kappa shape index (κ2) is 9.39. The molecule has 30 heavy (non-hydrogen) atoms. The fraction of sp³-hybridized carbons (Fsp3) is 0.333. The molecule has 0 spiro atoms. The van der Waals surface area contributed by atoms with Gasteiger partial charge in [-0.3, -0.25) is 4.79 Å². The zero-order valence-corrected chi connectivity index (χ0v) is 18.2. The molecule has 1 aliphatic rings. The molecule has 1 fully saturated rings. The third-order valence-electron chi connectivity index (χ3n) is 5.55. The molecule has 1 saturated heterocycles. The third-order valence-corrected chi connectivity index (χ3v) is 6.26. The van der Waals surface area contributed by atoms with Gasteiger partial charge in [0.25, 0.3) is 5.91 Å². The van der Waals surface area contributed by atoms with Crippen LogP contribution in [0, 0.1) is 6.92 Å². The fourth-order valence-corrected chi connectivity index (χ4v) is 4.63. The van der Waals surface area contributed by atoms with Crippen molar-refractivity contribution in [3.05, 3.63) is 83.1 Å². The monoisotopic (exact) mass is 418 g/mol. The number of amides is 1. The maximum atomic E-state index is 13.2. The molecule has 6 heteroatoms. The quantitative estimate of drug-likeness (QED) is 0.571. The number of nitrogens with zero attached hydrogens (tertiary/aromatic N) is 4. The molecule has 2 aromatic heterocycles. The van der Waals surface area contributed by atoms with Gasteiger partial charge in [-0.05, 0) is 49.3 Å². The molecule has 1 atom stereocenters. The second-order valence-electron chi connectivity index (χ2n) is 7.64. The average molecular weight is 419 g/mol. The summed E-state index contributed by atoms with van der Waals surface area (Å²) in [4.78, 5) is 28.8. The molecule has 1 aromatic carbocycles. The van der Waals surface area contributed by atoms with Gasteiger partial charge in [-0.1, -0.05) is 30.3 Å². The van der Waals surface area contributed by atoms with E-state index >= 15 is 0 Å². The molecule has 0 radical (unpaired) electrons. The predicted molar refractivity (Wildman–Crippen MR) is 120 cm³/mol. The Labute approximate surface area is 182 Å². The SMILES string of the molecule is CSc1ncccc1C(=O)N1CCCC(c2nc(C)ncc2Cc2ccccc2)C1. The molecule has 3 heterocycles. The predicted octanol–water partition coefficient (Wildman–Crippen LogP) is 4.51. The molecule has 0 N–H and O–H groups in total. The molecular weight excluding hydrogens is 392 g/mol. The molecule has 5 nitrogen and oxygen atoms in total. The molecule has 1 aliphatic heterocycles. The molecule has 4 rings (SSSR count). The number of thioether (sulfide) groups is 1. The summed E-state index contributed by atoms with van der Waals surface area (Å²) in [5, 5.41) is 0.785. The minimum atomic E-state index is 0.0625. The zero-order chi connectivity index (χ0) is 20.9. The lowest BCUT2D eigenvalue weighted by atomic mass is 9.90. The standard InChI is InChI=1S/C24H26N4OS/c1-17-26-15-20(14-18-8-4-3-5-9-18)22(27-17)19-10-7-13-28(16-19)24(29)21-11-6-12-25-23(21)30-2/h3-6,8-9,11-12,15,19H,7,10,13-14,16H2,1-2H3. The van der Waals surface area contributed by atoms with Crippen LogP contribution in [0.4, 0.5) is 0 Å². The lowest BCUT2D eigenvalue weighted by Crippen LogP contribution is -2.40. The van der Waals surface area contributed by atoms with Gasteiger partial charge in [0.05, 0.1) is 11.3 Å². The number of pyridine rings is 1. The van der Waals surface area contributed by atoms with E-state index in [-0.39, 0.29) is 11.8 Å². The van der Waals surface area contributed by atoms with Crippen LogP contribution in [0.1, 0.15) is 51.8 Å². The summed E-state index contributed by atoms with van der Waals surface area (Å²) in [7, 11) is 0. The summed E-state index contributed by atoms with van der Waals surface area (Å²) in [6, 6.07) is 14.1. The van der Waals surface area contributed by atoms with Crippen LogP contribution in [-0.2, 0) is 6.42 Å². The Balaban J connectivity index is 1.59. The Morgan fingerprint density at radius 1 is 1.17 bits per heavy atom. The van der Waals surface area contributed by atoms with E-state index < -0.39 is 0 Å². The number of benzene rings is 1. The Kier molecular flexibility index (Phi) is 6.43. The van der Waals surface area contributed by atoms with Gasteiger partial charge in [0.1, 0.15) is 10.9 Å². The van der Waals surface area contributed by atoms with Crippen molar-refractivity contribution in [2.24, 2.45) is 0 Å². The van der Waals surface area contributed by atoms with E-state index in [0.717, 1.165) is 47.9 Å². The van der Waals surface area contributed by atoms with Crippen LogP contribution in [0.3, 0.4) is 0 Å². The van der Waals surface area contributed by atoms with Gasteiger partial charge < -0.3 is 4.90 Å². The second-order valence-corrected chi connectivity index (χ2v) is 8.44. The number of rotatable bonds is 5. The number of piperidine rings is 1. The first kappa shape index (κ1) is 20.5. The van der Waals surface area contributed by atoms with Crippen molar-refractivity contribution in [2.45, 2.75) is 37.1 Å². The first-order valence-corrected chi connectivity index (χ1v) is 11.5. The maximum absolute atomic E-state index is 13.2. The number of carbonyl (C=O) groups is 1. The highest BCUT2D eigenvalue weighted by Gasteiger charge is 2.29. The van der Waals surface area contributed by atoms with E-state index in [1.54, 1.807) is 6.20 Å². The van der Waals surface area contributed by atoms with Gasteiger partial charge >= 0.3 is 0 Å². The van der Waals surface area contributed by atoms with Crippen LogP contribution in [0.5, 0.6) is 0 Å². The summed E-state index contributed by atoms with van der Waals surface area (Å²) in [5.41, 5.74) is 4.17. The highest BCUT2D eigenvalue weighted by atomic mass is 32.2. The minimum absolute atomic E-state index is 0.0625. The third kappa shape index (κ3) is 4.54. The normalized spacial score (nSPS) is 16.5. The highest BCUT2D eigenvalue weighted by molar-refractivity contribution is 7.98. The minimum Gasteiger partial charge on any atom is -0.338 e. The topological polar surface area (TPSA) is 59.0 Å². The lowest BCUT2D eigenvalue weighted by Gasteiger charge is -2.33. The van der Waals surface area contributed by atoms with Crippen LogP contribution < -0.4 is 0 Å². The molecule has 0 saturated carbocycles. The lowest BCUT2D eigenvalue weighted by molar-refractivity contribution is 0.0701. The first-order valence-electron chi connectivity index (χ1n) is 10.3. The van der Waals surface area contributed by atoms with Gasteiger partial charge in [-0.2, -0.15) is 0 Å². The Morgan fingerprint density at radius 2 is 2.00 bits per heavy atom. The van der Waals surface area contributed by atoms with Crippen molar-refractivity contribution in [1.82, 2.24) is 19.9 Å². The van der Waals surface area contributed by atoms with E-state index in [1.165, 1.54) is 17.3 Å². The molecule has 0 aliphatic carbocycles. The van der Waals surface area contributed by atoms with E-state index in [4.69, 9.17) is 4.98 Å². The number of carbonyl (C=O) groups excluding carboxylic acids is 1. The first-order chi connectivity index (χ1) is 14.7. The molecule has 1 amide bonds. The molecule has 154 valence electrons. The van der Waals surface area contributed by atoms with Gasteiger partial charge in [-0.15, -0.1) is 11.8 Å². The smallest absolute Gasteiger partial charge is 0.256 e. The number of hydrogen-bond donors (Lipinski definition) is 0. The van der Waals surface area contributed by atoms with Gasteiger partial charge in [0.2, 0.25) is 0 Å².